The quantitative estimate of drug-likeness (QED) is 0.484. The van der Waals surface area contributed by atoms with Gasteiger partial charge in [0.25, 0.3) is 5.69 Å². The van der Waals surface area contributed by atoms with Crippen LogP contribution in [0.15, 0.2) is 83.8 Å². The summed E-state index contributed by atoms with van der Waals surface area (Å²) in [5.74, 6) is 0.636. The number of hydrogen-bond donors (Lipinski definition) is 1. The lowest BCUT2D eigenvalue weighted by Crippen LogP contribution is -2.30. The first-order chi connectivity index (χ1) is 13.4. The van der Waals surface area contributed by atoms with Crippen LogP contribution in [-0.4, -0.2) is 20.5 Å². The third kappa shape index (κ3) is 4.19. The first-order valence-corrected chi connectivity index (χ1v) is 9.85. The summed E-state index contributed by atoms with van der Waals surface area (Å²) in [6, 6.07) is 20.5. The normalized spacial score (nSPS) is 12.3. The third-order valence-electron chi connectivity index (χ3n) is 4.21. The van der Waals surface area contributed by atoms with Crippen molar-refractivity contribution in [2.24, 2.45) is 0 Å². The molecule has 0 bridgehead atoms. The van der Waals surface area contributed by atoms with Crippen LogP contribution in [0.1, 0.15) is 17.2 Å². The van der Waals surface area contributed by atoms with E-state index in [9.17, 15) is 18.5 Å². The molecule has 0 aliphatic heterocycles. The molecule has 0 radical (unpaired) electrons. The van der Waals surface area contributed by atoms with Crippen molar-refractivity contribution in [2.45, 2.75) is 10.9 Å². The highest BCUT2D eigenvalue weighted by Gasteiger charge is 2.29. The molecule has 3 aromatic rings. The molecule has 144 valence electrons. The Hall–Kier alpha value is -3.23. The molecule has 28 heavy (non-hydrogen) atoms. The van der Waals surface area contributed by atoms with Crippen LogP contribution in [0.2, 0.25) is 0 Å². The van der Waals surface area contributed by atoms with Crippen LogP contribution in [0.4, 0.5) is 5.69 Å². The second-order valence-corrected chi connectivity index (χ2v) is 7.65. The second kappa shape index (κ2) is 8.20. The van der Waals surface area contributed by atoms with Crippen LogP contribution in [0, 0.1) is 10.1 Å². The number of nitro benzene ring substituents is 1. The Kier molecular flexibility index (Phi) is 5.72. The lowest BCUT2D eigenvalue weighted by atomic mass is 10.00. The maximum Gasteiger partial charge on any atom is 0.289 e. The monoisotopic (exact) mass is 398 g/mol. The van der Waals surface area contributed by atoms with Gasteiger partial charge in [0.2, 0.25) is 10.0 Å². The third-order valence-corrected chi connectivity index (χ3v) is 5.68. The van der Waals surface area contributed by atoms with Crippen molar-refractivity contribution in [3.05, 3.63) is 100 Å². The summed E-state index contributed by atoms with van der Waals surface area (Å²) in [4.78, 5) is 10.2. The number of rotatable bonds is 7. The molecule has 7 nitrogen and oxygen atoms in total. The van der Waals surface area contributed by atoms with E-state index >= 15 is 0 Å². The summed E-state index contributed by atoms with van der Waals surface area (Å²) in [6.45, 7) is 0. The van der Waals surface area contributed by atoms with Gasteiger partial charge in [0, 0.05) is 6.07 Å². The van der Waals surface area contributed by atoms with Crippen molar-refractivity contribution in [1.29, 1.82) is 0 Å². The fourth-order valence-electron chi connectivity index (χ4n) is 2.82. The Labute approximate surface area is 162 Å². The Morgan fingerprint density at radius 2 is 1.46 bits per heavy atom. The zero-order valence-electron chi connectivity index (χ0n) is 15.0. The van der Waals surface area contributed by atoms with E-state index in [1.165, 1.54) is 24.3 Å². The van der Waals surface area contributed by atoms with Gasteiger partial charge in [-0.25, -0.2) is 8.42 Å². The van der Waals surface area contributed by atoms with Crippen molar-refractivity contribution in [3.8, 4) is 5.75 Å². The van der Waals surface area contributed by atoms with E-state index in [1.54, 1.807) is 55.6 Å². The predicted molar refractivity (Wildman–Crippen MR) is 105 cm³/mol. The molecular formula is C20H18N2O5S. The molecule has 8 heteroatoms. The maximum atomic E-state index is 13.0. The van der Waals surface area contributed by atoms with E-state index in [2.05, 4.69) is 4.72 Å². The molecule has 0 spiro atoms. The van der Waals surface area contributed by atoms with Crippen LogP contribution < -0.4 is 9.46 Å². The van der Waals surface area contributed by atoms with E-state index in [-0.39, 0.29) is 4.90 Å². The van der Waals surface area contributed by atoms with Gasteiger partial charge >= 0.3 is 0 Å². The number of para-hydroxylation sites is 1. The van der Waals surface area contributed by atoms with Crippen LogP contribution in [0.5, 0.6) is 5.75 Å². The molecular weight excluding hydrogens is 380 g/mol. The molecule has 0 aliphatic carbocycles. The van der Waals surface area contributed by atoms with Gasteiger partial charge in [-0.05, 0) is 29.3 Å². The minimum absolute atomic E-state index is 0.380. The zero-order chi connectivity index (χ0) is 20.1. The summed E-state index contributed by atoms with van der Waals surface area (Å²) in [5.41, 5.74) is 0.903. The topological polar surface area (TPSA) is 98.5 Å². The van der Waals surface area contributed by atoms with Crippen molar-refractivity contribution in [2.75, 3.05) is 7.11 Å². The second-order valence-electron chi connectivity index (χ2n) is 5.96. The number of hydrogen-bond acceptors (Lipinski definition) is 5. The van der Waals surface area contributed by atoms with Crippen LogP contribution >= 0.6 is 0 Å². The first-order valence-electron chi connectivity index (χ1n) is 8.37. The number of ether oxygens (including phenoxy) is 1. The molecule has 0 aromatic heterocycles. The summed E-state index contributed by atoms with van der Waals surface area (Å²) in [6.07, 6.45) is 0. The molecule has 1 N–H and O–H groups in total. The van der Waals surface area contributed by atoms with Crippen molar-refractivity contribution >= 4 is 15.7 Å². The molecule has 0 unspecified atom stereocenters. The largest absolute Gasteiger partial charge is 0.497 e. The van der Waals surface area contributed by atoms with E-state index in [0.717, 1.165) is 0 Å². The molecule has 3 rings (SSSR count). The fourth-order valence-corrected chi connectivity index (χ4v) is 4.21. The van der Waals surface area contributed by atoms with Crippen molar-refractivity contribution < 1.29 is 18.1 Å². The van der Waals surface area contributed by atoms with Gasteiger partial charge in [-0.2, -0.15) is 4.72 Å². The van der Waals surface area contributed by atoms with E-state index in [1.807, 2.05) is 6.07 Å². The number of benzene rings is 3. The van der Waals surface area contributed by atoms with E-state index in [4.69, 9.17) is 4.74 Å². The van der Waals surface area contributed by atoms with E-state index < -0.39 is 26.7 Å². The first kappa shape index (κ1) is 19.5. The van der Waals surface area contributed by atoms with Crippen molar-refractivity contribution in [3.63, 3.8) is 0 Å². The number of nitrogens with zero attached hydrogens (tertiary/aromatic N) is 1. The van der Waals surface area contributed by atoms with Gasteiger partial charge in [0.1, 0.15) is 5.75 Å². The average molecular weight is 398 g/mol. The lowest BCUT2D eigenvalue weighted by Gasteiger charge is -2.20. The summed E-state index contributed by atoms with van der Waals surface area (Å²) in [5, 5.41) is 11.3. The summed E-state index contributed by atoms with van der Waals surface area (Å²) in [7, 11) is -2.63. The Morgan fingerprint density at radius 3 is 2.07 bits per heavy atom. The minimum Gasteiger partial charge on any atom is -0.497 e. The van der Waals surface area contributed by atoms with Crippen LogP contribution in [0.3, 0.4) is 0 Å². The van der Waals surface area contributed by atoms with Crippen LogP contribution in [-0.2, 0) is 10.0 Å². The number of sulfonamides is 1. The fraction of sp³-hybridized carbons (Fsp3) is 0.100. The highest BCUT2D eigenvalue weighted by molar-refractivity contribution is 7.89. The Bertz CT molecular complexity index is 1070. The van der Waals surface area contributed by atoms with Gasteiger partial charge in [0.15, 0.2) is 4.90 Å². The predicted octanol–water partition coefficient (Wildman–Crippen LogP) is 3.67. The average Bonchev–Trinajstić information content (AvgIpc) is 2.73. The molecule has 0 amide bonds. The Balaban J connectivity index is 2.05. The zero-order valence-corrected chi connectivity index (χ0v) is 15.8. The molecule has 0 saturated heterocycles. The van der Waals surface area contributed by atoms with Gasteiger partial charge < -0.3 is 4.74 Å². The molecule has 1 atom stereocenters. The summed E-state index contributed by atoms with van der Waals surface area (Å²) < 4.78 is 33.8. The van der Waals surface area contributed by atoms with Crippen molar-refractivity contribution in [1.82, 2.24) is 4.72 Å². The molecule has 3 aromatic carbocycles. The number of nitro groups is 1. The molecule has 0 heterocycles. The van der Waals surface area contributed by atoms with Gasteiger partial charge in [-0.1, -0.05) is 54.6 Å². The SMILES string of the molecule is COc1ccc([C@H](NS(=O)(=O)c2ccccc2[N+](=O)[O-])c2ccccc2)cc1. The standard InChI is InChI=1S/C20H18N2O5S/c1-27-17-13-11-16(12-14-17)20(15-7-3-2-4-8-15)21-28(25,26)19-10-6-5-9-18(19)22(23)24/h2-14,20-21H,1H3/t20-/m1/s1. The van der Waals surface area contributed by atoms with E-state index in [0.29, 0.717) is 16.9 Å². The van der Waals surface area contributed by atoms with Gasteiger partial charge in [-0.3, -0.25) is 10.1 Å². The molecule has 0 saturated carbocycles. The number of nitrogens with one attached hydrogen (secondary N) is 1. The summed E-state index contributed by atoms with van der Waals surface area (Å²) >= 11 is 0. The Morgan fingerprint density at radius 1 is 0.893 bits per heavy atom. The van der Waals surface area contributed by atoms with Crippen LogP contribution in [0.25, 0.3) is 0 Å². The highest BCUT2D eigenvalue weighted by Crippen LogP contribution is 2.29. The molecule has 0 aliphatic rings. The highest BCUT2D eigenvalue weighted by atomic mass is 32.2. The number of methoxy groups -OCH3 is 1. The maximum absolute atomic E-state index is 13.0. The van der Waals surface area contributed by atoms with Gasteiger partial charge in [-0.15, -0.1) is 0 Å². The minimum atomic E-state index is -4.17. The lowest BCUT2D eigenvalue weighted by molar-refractivity contribution is -0.387. The smallest absolute Gasteiger partial charge is 0.289 e. The molecule has 0 fully saturated rings. The van der Waals surface area contributed by atoms with Gasteiger partial charge in [0.05, 0.1) is 18.1 Å².